The second-order valence-electron chi connectivity index (χ2n) is 3.50. The van der Waals surface area contributed by atoms with E-state index in [-0.39, 0.29) is 6.42 Å². The Bertz CT molecular complexity index is 234. The van der Waals surface area contributed by atoms with Crippen molar-refractivity contribution in [3.05, 3.63) is 0 Å². The van der Waals surface area contributed by atoms with Crippen molar-refractivity contribution in [3.63, 3.8) is 0 Å². The highest BCUT2D eigenvalue weighted by Gasteiger charge is 2.18. The van der Waals surface area contributed by atoms with E-state index in [4.69, 9.17) is 4.74 Å². The Morgan fingerprint density at radius 3 is 2.56 bits per heavy atom. The van der Waals surface area contributed by atoms with Crippen LogP contribution in [0, 0.1) is 0 Å². The zero-order valence-corrected chi connectivity index (χ0v) is 10.6. The Labute approximate surface area is 98.4 Å². The second kappa shape index (κ2) is 8.63. The normalized spacial score (nSPS) is 14.8. The molecule has 0 saturated heterocycles. The Kier molecular flexibility index (Phi) is 8.36. The fraction of sp³-hybridized carbons (Fsp3) is 0.889. The van der Waals surface area contributed by atoms with E-state index in [1.807, 2.05) is 6.92 Å². The van der Waals surface area contributed by atoms with Gasteiger partial charge in [-0.2, -0.15) is 0 Å². The molecule has 2 unspecified atom stereocenters. The molecule has 0 rings (SSSR count). The van der Waals surface area contributed by atoms with Gasteiger partial charge in [-0.15, -0.1) is 0 Å². The molecular formula is C9H18NO5S-. The van der Waals surface area contributed by atoms with E-state index < -0.39 is 23.6 Å². The lowest BCUT2D eigenvalue weighted by molar-refractivity contribution is -0.147. The summed E-state index contributed by atoms with van der Waals surface area (Å²) in [5.41, 5.74) is 0. The maximum atomic E-state index is 11.3. The number of carbonyl (C=O) groups excluding carboxylic acids is 1. The number of unbranched alkanes of at least 4 members (excludes halogenated alkanes) is 1. The topological polar surface area (TPSA) is 78.9 Å². The first-order chi connectivity index (χ1) is 7.47. The maximum absolute atomic E-state index is 11.3. The molecule has 0 aliphatic heterocycles. The number of ether oxygens (including phenoxy) is 1. The van der Waals surface area contributed by atoms with Gasteiger partial charge in [0, 0.05) is 0 Å². The SMILES string of the molecule is CCCCOC(=O)CC(OS(=O)[O-])N(C)C. The molecular weight excluding hydrogens is 234 g/mol. The first kappa shape index (κ1) is 15.5. The van der Waals surface area contributed by atoms with Gasteiger partial charge in [0.25, 0.3) is 0 Å². The van der Waals surface area contributed by atoms with Crippen LogP contribution in [-0.2, 0) is 25.1 Å². The molecule has 0 fully saturated rings. The van der Waals surface area contributed by atoms with Crippen LogP contribution < -0.4 is 0 Å². The van der Waals surface area contributed by atoms with Gasteiger partial charge in [0.15, 0.2) is 0 Å². The number of hydrogen-bond acceptors (Lipinski definition) is 6. The Balaban J connectivity index is 3.98. The highest BCUT2D eigenvalue weighted by atomic mass is 32.2. The lowest BCUT2D eigenvalue weighted by Gasteiger charge is -2.23. The largest absolute Gasteiger partial charge is 0.750 e. The Hall–Kier alpha value is -0.500. The van der Waals surface area contributed by atoms with Crippen molar-refractivity contribution in [2.75, 3.05) is 20.7 Å². The number of esters is 1. The third-order valence-electron chi connectivity index (χ3n) is 1.87. The maximum Gasteiger partial charge on any atom is 0.309 e. The molecule has 16 heavy (non-hydrogen) atoms. The number of carbonyl (C=O) groups is 1. The molecule has 0 amide bonds. The summed E-state index contributed by atoms with van der Waals surface area (Å²) < 4.78 is 30.1. The molecule has 0 aliphatic carbocycles. The van der Waals surface area contributed by atoms with E-state index in [1.54, 1.807) is 14.1 Å². The first-order valence-corrected chi connectivity index (χ1v) is 6.05. The van der Waals surface area contributed by atoms with E-state index in [1.165, 1.54) is 4.90 Å². The van der Waals surface area contributed by atoms with Crippen LogP contribution in [0.2, 0.25) is 0 Å². The van der Waals surface area contributed by atoms with Crippen LogP contribution in [0.1, 0.15) is 26.2 Å². The van der Waals surface area contributed by atoms with Crippen molar-refractivity contribution in [2.45, 2.75) is 32.4 Å². The standard InChI is InChI=1S/C9H19NO5S/c1-4-5-6-14-9(11)7-8(10(2)3)15-16(12)13/h8H,4-7H2,1-3H3,(H,12,13)/p-1. The van der Waals surface area contributed by atoms with Crippen molar-refractivity contribution >= 4 is 17.3 Å². The summed E-state index contributed by atoms with van der Waals surface area (Å²) in [5, 5.41) is 0. The smallest absolute Gasteiger partial charge is 0.309 e. The molecule has 7 heteroatoms. The van der Waals surface area contributed by atoms with Crippen molar-refractivity contribution in [1.29, 1.82) is 0 Å². The van der Waals surface area contributed by atoms with E-state index in [0.29, 0.717) is 6.61 Å². The number of nitrogens with zero attached hydrogens (tertiary/aromatic N) is 1. The summed E-state index contributed by atoms with van der Waals surface area (Å²) in [7, 11) is 3.24. The number of hydrogen-bond donors (Lipinski definition) is 0. The molecule has 0 heterocycles. The van der Waals surface area contributed by atoms with Crippen molar-refractivity contribution in [2.24, 2.45) is 0 Å². The van der Waals surface area contributed by atoms with Gasteiger partial charge in [-0.05, 0) is 20.5 Å². The van der Waals surface area contributed by atoms with Crippen molar-refractivity contribution in [1.82, 2.24) is 4.90 Å². The monoisotopic (exact) mass is 252 g/mol. The lowest BCUT2D eigenvalue weighted by atomic mass is 10.3. The van der Waals surface area contributed by atoms with Crippen molar-refractivity contribution in [3.8, 4) is 0 Å². The molecule has 0 aliphatic rings. The zero-order valence-electron chi connectivity index (χ0n) is 9.80. The fourth-order valence-corrected chi connectivity index (χ4v) is 1.35. The average molecular weight is 252 g/mol. The molecule has 0 saturated carbocycles. The van der Waals surface area contributed by atoms with Gasteiger partial charge in [-0.3, -0.25) is 13.9 Å². The summed E-state index contributed by atoms with van der Waals surface area (Å²) in [6.07, 6.45) is 0.815. The highest BCUT2D eigenvalue weighted by Crippen LogP contribution is 2.05. The predicted molar refractivity (Wildman–Crippen MR) is 58.0 cm³/mol. The van der Waals surface area contributed by atoms with Crippen LogP contribution in [0.3, 0.4) is 0 Å². The average Bonchev–Trinajstić information content (AvgIpc) is 2.16. The minimum absolute atomic E-state index is 0.106. The van der Waals surface area contributed by atoms with E-state index >= 15 is 0 Å². The number of rotatable bonds is 8. The molecule has 0 aromatic rings. The Morgan fingerprint density at radius 1 is 1.50 bits per heavy atom. The van der Waals surface area contributed by atoms with Gasteiger partial charge in [0.05, 0.1) is 24.4 Å². The van der Waals surface area contributed by atoms with E-state index in [0.717, 1.165) is 12.8 Å². The summed E-state index contributed by atoms with van der Waals surface area (Å²) in [6.45, 7) is 2.34. The summed E-state index contributed by atoms with van der Waals surface area (Å²) >= 11 is -2.64. The molecule has 0 aromatic heterocycles. The molecule has 2 atom stereocenters. The van der Waals surface area contributed by atoms with Gasteiger partial charge in [0.1, 0.15) is 6.23 Å². The predicted octanol–water partition coefficient (Wildman–Crippen LogP) is 0.418. The van der Waals surface area contributed by atoms with Crippen LogP contribution in [0.5, 0.6) is 0 Å². The second-order valence-corrected chi connectivity index (χ2v) is 4.10. The van der Waals surface area contributed by atoms with Crippen molar-refractivity contribution < 1.29 is 22.5 Å². The third kappa shape index (κ3) is 7.75. The lowest BCUT2D eigenvalue weighted by Crippen LogP contribution is -2.34. The van der Waals surface area contributed by atoms with E-state index in [9.17, 15) is 13.6 Å². The summed E-state index contributed by atoms with van der Waals surface area (Å²) in [6, 6.07) is 0. The van der Waals surface area contributed by atoms with Gasteiger partial charge in [-0.25, -0.2) is 4.21 Å². The Morgan fingerprint density at radius 2 is 2.12 bits per heavy atom. The van der Waals surface area contributed by atoms with Gasteiger partial charge in [-0.1, -0.05) is 13.3 Å². The summed E-state index contributed by atoms with van der Waals surface area (Å²) in [4.78, 5) is 12.8. The molecule has 0 spiro atoms. The van der Waals surface area contributed by atoms with Crippen LogP contribution in [-0.4, -0.2) is 46.6 Å². The van der Waals surface area contributed by atoms with Gasteiger partial charge < -0.3 is 9.29 Å². The van der Waals surface area contributed by atoms with Crippen LogP contribution in [0.25, 0.3) is 0 Å². The third-order valence-corrected chi connectivity index (χ3v) is 2.25. The highest BCUT2D eigenvalue weighted by molar-refractivity contribution is 7.74. The van der Waals surface area contributed by atoms with Gasteiger partial charge in [0.2, 0.25) is 0 Å². The molecule has 0 radical (unpaired) electrons. The minimum atomic E-state index is -2.64. The summed E-state index contributed by atoms with van der Waals surface area (Å²) in [5.74, 6) is -0.461. The minimum Gasteiger partial charge on any atom is -0.750 e. The molecule has 0 bridgehead atoms. The zero-order chi connectivity index (χ0) is 12.6. The quantitative estimate of drug-likeness (QED) is 0.269. The molecule has 0 N–H and O–H groups in total. The van der Waals surface area contributed by atoms with Crippen LogP contribution in [0.4, 0.5) is 0 Å². The van der Waals surface area contributed by atoms with Gasteiger partial charge >= 0.3 is 5.97 Å². The van der Waals surface area contributed by atoms with Crippen LogP contribution in [0.15, 0.2) is 0 Å². The molecule has 0 aromatic carbocycles. The fourth-order valence-electron chi connectivity index (χ4n) is 0.925. The van der Waals surface area contributed by atoms with Crippen LogP contribution >= 0.6 is 0 Å². The molecule has 96 valence electrons. The molecule has 6 nitrogen and oxygen atoms in total. The first-order valence-electron chi connectivity index (χ1n) is 5.05. The van der Waals surface area contributed by atoms with E-state index in [2.05, 4.69) is 4.18 Å².